The van der Waals surface area contributed by atoms with Crippen LogP contribution in [0.15, 0.2) is 59.4 Å². The lowest BCUT2D eigenvalue weighted by Crippen LogP contribution is -2.58. The molecule has 0 spiro atoms. The summed E-state index contributed by atoms with van der Waals surface area (Å²) in [5.74, 6) is 1.30. The topological polar surface area (TPSA) is 122 Å². The number of H-pyrrole nitrogens is 1. The molecular formula is C33H40N4O7. The van der Waals surface area contributed by atoms with E-state index in [0.29, 0.717) is 62.2 Å². The number of benzene rings is 2. The minimum absolute atomic E-state index is 0.0782. The van der Waals surface area contributed by atoms with Crippen molar-refractivity contribution < 1.29 is 28.5 Å². The molecule has 2 aromatic carbocycles. The molecule has 4 bridgehead atoms. The van der Waals surface area contributed by atoms with Gasteiger partial charge in [0.2, 0.25) is 5.91 Å². The number of fused-ring (bicyclic) bond motifs is 5. The fraction of sp³-hybridized carbons (Fsp3) is 0.424. The maximum absolute atomic E-state index is 13.5. The molecule has 3 aromatic rings. The number of amides is 2. The van der Waals surface area contributed by atoms with Crippen LogP contribution in [0.25, 0.3) is 0 Å². The molecule has 3 heterocycles. The van der Waals surface area contributed by atoms with Crippen molar-refractivity contribution >= 4 is 11.8 Å². The molecule has 1 saturated heterocycles. The summed E-state index contributed by atoms with van der Waals surface area (Å²) in [6.07, 6.45) is 0.903. The number of pyridine rings is 1. The van der Waals surface area contributed by atoms with Crippen molar-refractivity contribution in [3.63, 3.8) is 0 Å². The first-order valence-electron chi connectivity index (χ1n) is 14.9. The summed E-state index contributed by atoms with van der Waals surface area (Å²) < 4.78 is 23.5. The van der Waals surface area contributed by atoms with Crippen molar-refractivity contribution in [3.05, 3.63) is 87.3 Å². The molecule has 2 N–H and O–H groups in total. The highest BCUT2D eigenvalue weighted by Crippen LogP contribution is 2.33. The molecule has 2 aliphatic heterocycles. The maximum Gasteiger partial charge on any atom is 0.260 e. The molecule has 1 fully saturated rings. The van der Waals surface area contributed by atoms with Gasteiger partial charge in [-0.05, 0) is 67.3 Å². The summed E-state index contributed by atoms with van der Waals surface area (Å²) in [4.78, 5) is 45.8. The van der Waals surface area contributed by atoms with Gasteiger partial charge in [0, 0.05) is 45.6 Å². The van der Waals surface area contributed by atoms with Crippen LogP contribution >= 0.6 is 0 Å². The van der Waals surface area contributed by atoms with E-state index >= 15 is 0 Å². The van der Waals surface area contributed by atoms with Gasteiger partial charge < -0.3 is 34.1 Å². The Kier molecular flexibility index (Phi) is 10.3. The Balaban J connectivity index is 1.42. The van der Waals surface area contributed by atoms with Crippen LogP contribution in [0.4, 0.5) is 0 Å². The number of aryl methyl sites for hydroxylation is 1. The van der Waals surface area contributed by atoms with Gasteiger partial charge in [-0.25, -0.2) is 0 Å². The monoisotopic (exact) mass is 604 g/mol. The first-order valence-corrected chi connectivity index (χ1v) is 14.9. The van der Waals surface area contributed by atoms with E-state index in [9.17, 15) is 14.4 Å². The molecule has 0 aliphatic carbocycles. The number of carbonyl (C=O) groups is 2. The number of likely N-dealkylation sites (tertiary alicyclic amines) is 1. The Bertz CT molecular complexity index is 1520. The van der Waals surface area contributed by atoms with Crippen LogP contribution in [-0.4, -0.2) is 85.7 Å². The summed E-state index contributed by atoms with van der Waals surface area (Å²) in [6, 6.07) is 16.2. The lowest BCUT2D eigenvalue weighted by atomic mass is 10.0. The fourth-order valence-corrected chi connectivity index (χ4v) is 5.65. The first kappa shape index (κ1) is 31.2. The number of nitrogens with one attached hydrogen (secondary N) is 2. The summed E-state index contributed by atoms with van der Waals surface area (Å²) in [5, 5.41) is 3.15. The first-order chi connectivity index (χ1) is 21.3. The van der Waals surface area contributed by atoms with Gasteiger partial charge in [-0.1, -0.05) is 18.2 Å². The molecule has 11 nitrogen and oxygen atoms in total. The van der Waals surface area contributed by atoms with Gasteiger partial charge in [-0.2, -0.15) is 0 Å². The number of hydrogen-bond donors (Lipinski definition) is 2. The molecule has 44 heavy (non-hydrogen) atoms. The van der Waals surface area contributed by atoms with Gasteiger partial charge in [0.15, 0.2) is 11.5 Å². The van der Waals surface area contributed by atoms with Crippen LogP contribution in [0.1, 0.15) is 40.0 Å². The zero-order chi connectivity index (χ0) is 31.1. The minimum atomic E-state index is -0.467. The van der Waals surface area contributed by atoms with Crippen LogP contribution < -0.4 is 20.3 Å². The van der Waals surface area contributed by atoms with E-state index in [1.54, 1.807) is 38.2 Å². The number of aromatic nitrogens is 1. The lowest BCUT2D eigenvalue weighted by molar-refractivity contribution is -0.125. The summed E-state index contributed by atoms with van der Waals surface area (Å²) in [7, 11) is 3.26. The molecule has 0 unspecified atom stereocenters. The van der Waals surface area contributed by atoms with Crippen LogP contribution in [0.2, 0.25) is 0 Å². The number of aromatic amines is 1. The van der Waals surface area contributed by atoms with Crippen LogP contribution in [0, 0.1) is 6.92 Å². The number of hydrogen-bond acceptors (Lipinski definition) is 8. The Morgan fingerprint density at radius 2 is 1.91 bits per heavy atom. The highest BCUT2D eigenvalue weighted by Gasteiger charge is 2.34. The van der Waals surface area contributed by atoms with Crippen molar-refractivity contribution in [1.82, 2.24) is 20.1 Å². The van der Waals surface area contributed by atoms with E-state index in [4.69, 9.17) is 18.9 Å². The predicted molar refractivity (Wildman–Crippen MR) is 164 cm³/mol. The van der Waals surface area contributed by atoms with Crippen molar-refractivity contribution in [3.8, 4) is 17.2 Å². The third-order valence-corrected chi connectivity index (χ3v) is 7.88. The molecule has 2 amide bonds. The van der Waals surface area contributed by atoms with E-state index in [0.717, 1.165) is 17.5 Å². The van der Waals surface area contributed by atoms with E-state index in [2.05, 4.69) is 15.2 Å². The average Bonchev–Trinajstić information content (AvgIpc) is 3.00. The molecule has 11 heteroatoms. The largest absolute Gasteiger partial charge is 0.493 e. The normalized spacial score (nSPS) is 19.4. The lowest BCUT2D eigenvalue weighted by Gasteiger charge is -2.39. The second kappa shape index (κ2) is 14.5. The van der Waals surface area contributed by atoms with Crippen molar-refractivity contribution in [2.24, 2.45) is 0 Å². The Labute approximate surface area is 257 Å². The smallest absolute Gasteiger partial charge is 0.260 e. The van der Waals surface area contributed by atoms with Gasteiger partial charge in [0.25, 0.3) is 11.5 Å². The molecule has 0 radical (unpaired) electrons. The number of piperidine rings is 1. The number of carbonyl (C=O) groups excluding carboxylic acids is 2. The summed E-state index contributed by atoms with van der Waals surface area (Å²) >= 11 is 0. The number of nitrogens with zero attached hydrogens (tertiary/aromatic N) is 2. The summed E-state index contributed by atoms with van der Waals surface area (Å²) in [5.41, 5.74) is 2.20. The number of rotatable bonds is 6. The number of ether oxygens (including phenoxy) is 4. The molecule has 5 rings (SSSR count). The Hall–Kier alpha value is -4.19. The minimum Gasteiger partial charge on any atom is -0.493 e. The van der Waals surface area contributed by atoms with Crippen LogP contribution in [0.5, 0.6) is 17.2 Å². The Morgan fingerprint density at radius 3 is 2.70 bits per heavy atom. The highest BCUT2D eigenvalue weighted by molar-refractivity contribution is 5.94. The fourth-order valence-electron chi connectivity index (χ4n) is 5.65. The second-order valence-electron chi connectivity index (χ2n) is 11.2. The molecule has 2 atom stereocenters. The van der Waals surface area contributed by atoms with Gasteiger partial charge >= 0.3 is 0 Å². The van der Waals surface area contributed by atoms with Crippen molar-refractivity contribution in [1.29, 1.82) is 0 Å². The van der Waals surface area contributed by atoms with Crippen molar-refractivity contribution in [2.75, 3.05) is 47.0 Å². The highest BCUT2D eigenvalue weighted by atomic mass is 16.5. The van der Waals surface area contributed by atoms with Gasteiger partial charge in [0.1, 0.15) is 11.3 Å². The third kappa shape index (κ3) is 7.85. The predicted octanol–water partition coefficient (Wildman–Crippen LogP) is 3.25. The standard InChI is InChI=1S/C33H40N4O7/c1-22-8-10-26(32(39)34-22)33(40)37-14-12-28-27(19-37)35-31(38)20-36(13-5-15-41-2)18-23-9-11-29(42-3)30(17-23)44-25-7-4-6-24(16-25)21-43-28/h4,6-11,16-17,27-28H,5,12-15,18-21H2,1-3H3,(H,34,39)(H,35,38)/t27-,28+/m0/s1. The zero-order valence-corrected chi connectivity index (χ0v) is 25.5. The van der Waals surface area contributed by atoms with E-state index in [-0.39, 0.29) is 36.6 Å². The van der Waals surface area contributed by atoms with Gasteiger partial charge in [-0.3, -0.25) is 19.3 Å². The number of methoxy groups -OCH3 is 2. The van der Waals surface area contributed by atoms with Gasteiger partial charge in [-0.15, -0.1) is 0 Å². The molecule has 1 aromatic heterocycles. The SMILES string of the molecule is COCCCN1CC(=O)N[C@H]2CN(C(=O)c3ccc(C)[nH]c3=O)CC[C@H]2OCc2cccc(c2)Oc2cc(ccc2OC)C1. The summed E-state index contributed by atoms with van der Waals surface area (Å²) in [6.45, 7) is 4.51. The molecular weight excluding hydrogens is 564 g/mol. The second-order valence-corrected chi connectivity index (χ2v) is 11.2. The third-order valence-electron chi connectivity index (χ3n) is 7.88. The van der Waals surface area contributed by atoms with E-state index in [1.807, 2.05) is 42.5 Å². The van der Waals surface area contributed by atoms with E-state index in [1.165, 1.54) is 0 Å². The van der Waals surface area contributed by atoms with Gasteiger partial charge in [0.05, 0.1) is 32.4 Å². The molecule has 2 aliphatic rings. The Morgan fingerprint density at radius 1 is 1.05 bits per heavy atom. The van der Waals surface area contributed by atoms with Crippen LogP contribution in [0.3, 0.4) is 0 Å². The average molecular weight is 605 g/mol. The van der Waals surface area contributed by atoms with E-state index < -0.39 is 11.6 Å². The molecule has 234 valence electrons. The maximum atomic E-state index is 13.5. The van der Waals surface area contributed by atoms with Crippen LogP contribution in [-0.2, 0) is 27.4 Å². The van der Waals surface area contributed by atoms with Crippen molar-refractivity contribution in [2.45, 2.75) is 45.1 Å². The quantitative estimate of drug-likeness (QED) is 0.412. The zero-order valence-electron chi connectivity index (χ0n) is 25.5. The molecule has 0 saturated carbocycles.